The van der Waals surface area contributed by atoms with Crippen LogP contribution in [-0.2, 0) is 0 Å². The molecular formula is C13H17BrO. The van der Waals surface area contributed by atoms with Crippen LogP contribution >= 0.6 is 15.9 Å². The first kappa shape index (κ1) is 12.3. The first-order valence-corrected chi connectivity index (χ1v) is 6.02. The minimum absolute atomic E-state index is 0.771. The molecule has 2 heteroatoms. The van der Waals surface area contributed by atoms with Gasteiger partial charge < -0.3 is 4.74 Å². The lowest BCUT2D eigenvalue weighted by atomic mass is 10.1. The van der Waals surface area contributed by atoms with Gasteiger partial charge in [-0.05, 0) is 37.1 Å². The Labute approximate surface area is 100 Å². The highest BCUT2D eigenvalue weighted by molar-refractivity contribution is 9.10. The van der Waals surface area contributed by atoms with E-state index in [0.29, 0.717) is 0 Å². The summed E-state index contributed by atoms with van der Waals surface area (Å²) >= 11 is 3.44. The molecule has 0 N–H and O–H groups in total. The lowest BCUT2D eigenvalue weighted by molar-refractivity contribution is 0.308. The van der Waals surface area contributed by atoms with E-state index >= 15 is 0 Å². The van der Waals surface area contributed by atoms with Crippen molar-refractivity contribution in [3.8, 4) is 5.75 Å². The van der Waals surface area contributed by atoms with Crippen molar-refractivity contribution in [1.29, 1.82) is 0 Å². The standard InChI is InChI=1S/C13H17BrO/c1-4-5-8-15-13-9-11(14)6-7-12(13)10(2)3/h6-7,9H,2,4-5,8H2,1,3H3. The molecule has 0 atom stereocenters. The number of benzene rings is 1. The van der Waals surface area contributed by atoms with Crippen LogP contribution in [-0.4, -0.2) is 6.61 Å². The van der Waals surface area contributed by atoms with Gasteiger partial charge >= 0.3 is 0 Å². The van der Waals surface area contributed by atoms with Crippen molar-refractivity contribution in [2.45, 2.75) is 26.7 Å². The van der Waals surface area contributed by atoms with Crippen molar-refractivity contribution in [3.63, 3.8) is 0 Å². The molecule has 0 aliphatic rings. The third-order valence-electron chi connectivity index (χ3n) is 2.16. The Morgan fingerprint density at radius 1 is 1.47 bits per heavy atom. The molecule has 1 aromatic carbocycles. The lowest BCUT2D eigenvalue weighted by Gasteiger charge is -2.11. The molecular weight excluding hydrogens is 252 g/mol. The fraction of sp³-hybridized carbons (Fsp3) is 0.385. The predicted octanol–water partition coefficient (Wildman–Crippen LogP) is 4.66. The van der Waals surface area contributed by atoms with Gasteiger partial charge in [0, 0.05) is 10.0 Å². The van der Waals surface area contributed by atoms with E-state index in [9.17, 15) is 0 Å². The largest absolute Gasteiger partial charge is 0.493 e. The average molecular weight is 269 g/mol. The number of hydrogen-bond acceptors (Lipinski definition) is 1. The summed E-state index contributed by atoms with van der Waals surface area (Å²) in [6.07, 6.45) is 2.23. The summed E-state index contributed by atoms with van der Waals surface area (Å²) in [6.45, 7) is 8.87. The lowest BCUT2D eigenvalue weighted by Crippen LogP contribution is -1.99. The Morgan fingerprint density at radius 3 is 2.80 bits per heavy atom. The van der Waals surface area contributed by atoms with Crippen LogP contribution in [0.4, 0.5) is 0 Å². The molecule has 15 heavy (non-hydrogen) atoms. The second-order valence-corrected chi connectivity index (χ2v) is 4.54. The Balaban J connectivity index is 2.82. The number of rotatable bonds is 5. The van der Waals surface area contributed by atoms with Crippen molar-refractivity contribution in [1.82, 2.24) is 0 Å². The number of halogens is 1. The van der Waals surface area contributed by atoms with Gasteiger partial charge in [-0.2, -0.15) is 0 Å². The summed E-state index contributed by atoms with van der Waals surface area (Å²) in [4.78, 5) is 0. The van der Waals surface area contributed by atoms with E-state index in [2.05, 4.69) is 29.4 Å². The fourth-order valence-corrected chi connectivity index (χ4v) is 1.63. The Hall–Kier alpha value is -0.760. The summed E-state index contributed by atoms with van der Waals surface area (Å²) in [7, 11) is 0. The van der Waals surface area contributed by atoms with Gasteiger partial charge in [0.1, 0.15) is 5.75 Å². The molecule has 0 aliphatic heterocycles. The van der Waals surface area contributed by atoms with Crippen LogP contribution in [0.3, 0.4) is 0 Å². The van der Waals surface area contributed by atoms with Crippen molar-refractivity contribution in [2.24, 2.45) is 0 Å². The molecule has 0 bridgehead atoms. The van der Waals surface area contributed by atoms with Gasteiger partial charge in [-0.3, -0.25) is 0 Å². The molecule has 82 valence electrons. The molecule has 0 amide bonds. The SMILES string of the molecule is C=C(C)c1ccc(Br)cc1OCCCC. The van der Waals surface area contributed by atoms with Crippen molar-refractivity contribution >= 4 is 21.5 Å². The molecule has 0 unspecified atom stereocenters. The van der Waals surface area contributed by atoms with Gasteiger partial charge in [-0.25, -0.2) is 0 Å². The maximum absolute atomic E-state index is 5.73. The summed E-state index contributed by atoms with van der Waals surface area (Å²) in [5.41, 5.74) is 2.13. The second kappa shape index (κ2) is 5.96. The van der Waals surface area contributed by atoms with Crippen LogP contribution < -0.4 is 4.74 Å². The van der Waals surface area contributed by atoms with E-state index in [1.165, 1.54) is 0 Å². The zero-order chi connectivity index (χ0) is 11.3. The van der Waals surface area contributed by atoms with Crippen LogP contribution in [0.25, 0.3) is 5.57 Å². The number of unbranched alkanes of at least 4 members (excludes halogenated alkanes) is 1. The van der Waals surface area contributed by atoms with Gasteiger partial charge in [-0.15, -0.1) is 0 Å². The maximum Gasteiger partial charge on any atom is 0.127 e. The van der Waals surface area contributed by atoms with Crippen molar-refractivity contribution < 1.29 is 4.74 Å². The van der Waals surface area contributed by atoms with E-state index in [1.807, 2.05) is 25.1 Å². The van der Waals surface area contributed by atoms with E-state index in [0.717, 1.165) is 40.8 Å². The summed E-state index contributed by atoms with van der Waals surface area (Å²) in [5, 5.41) is 0. The van der Waals surface area contributed by atoms with Crippen LogP contribution in [0.5, 0.6) is 5.75 Å². The molecule has 0 fully saturated rings. The zero-order valence-electron chi connectivity index (χ0n) is 9.35. The topological polar surface area (TPSA) is 9.23 Å². The van der Waals surface area contributed by atoms with Crippen LogP contribution in [0.2, 0.25) is 0 Å². The van der Waals surface area contributed by atoms with Gasteiger partial charge in [0.2, 0.25) is 0 Å². The number of hydrogen-bond donors (Lipinski definition) is 0. The molecule has 1 nitrogen and oxygen atoms in total. The van der Waals surface area contributed by atoms with Gasteiger partial charge in [-0.1, -0.05) is 35.9 Å². The van der Waals surface area contributed by atoms with E-state index < -0.39 is 0 Å². The van der Waals surface area contributed by atoms with Gasteiger partial charge in [0.15, 0.2) is 0 Å². The monoisotopic (exact) mass is 268 g/mol. The Bertz CT molecular complexity index is 344. The minimum atomic E-state index is 0.771. The molecule has 0 heterocycles. The van der Waals surface area contributed by atoms with Crippen molar-refractivity contribution in [3.05, 3.63) is 34.8 Å². The molecule has 1 aromatic rings. The molecule has 0 aromatic heterocycles. The minimum Gasteiger partial charge on any atom is -0.493 e. The highest BCUT2D eigenvalue weighted by Gasteiger charge is 2.04. The summed E-state index contributed by atoms with van der Waals surface area (Å²) in [6, 6.07) is 6.05. The molecule has 1 rings (SSSR count). The Morgan fingerprint density at radius 2 is 2.20 bits per heavy atom. The predicted molar refractivity (Wildman–Crippen MR) is 69.3 cm³/mol. The quantitative estimate of drug-likeness (QED) is 0.706. The second-order valence-electron chi connectivity index (χ2n) is 3.62. The highest BCUT2D eigenvalue weighted by Crippen LogP contribution is 2.28. The summed E-state index contributed by atoms with van der Waals surface area (Å²) < 4.78 is 6.77. The highest BCUT2D eigenvalue weighted by atomic mass is 79.9. The van der Waals surface area contributed by atoms with Crippen LogP contribution in [0.15, 0.2) is 29.3 Å². The number of ether oxygens (including phenoxy) is 1. The third kappa shape index (κ3) is 3.71. The molecule has 0 aliphatic carbocycles. The van der Waals surface area contributed by atoms with Crippen LogP contribution in [0, 0.1) is 0 Å². The molecule has 0 spiro atoms. The van der Waals surface area contributed by atoms with E-state index in [-0.39, 0.29) is 0 Å². The first-order chi connectivity index (χ1) is 7.15. The fourth-order valence-electron chi connectivity index (χ4n) is 1.29. The van der Waals surface area contributed by atoms with Gasteiger partial charge in [0.05, 0.1) is 6.61 Å². The summed E-state index contributed by atoms with van der Waals surface area (Å²) in [5.74, 6) is 0.922. The average Bonchev–Trinajstić information content (AvgIpc) is 2.18. The molecule has 0 radical (unpaired) electrons. The molecule has 0 saturated heterocycles. The van der Waals surface area contributed by atoms with E-state index in [4.69, 9.17) is 4.74 Å². The van der Waals surface area contributed by atoms with E-state index in [1.54, 1.807) is 0 Å². The Kier molecular flexibility index (Phi) is 4.89. The smallest absolute Gasteiger partial charge is 0.127 e. The normalized spacial score (nSPS) is 10.1. The zero-order valence-corrected chi connectivity index (χ0v) is 10.9. The maximum atomic E-state index is 5.73. The third-order valence-corrected chi connectivity index (χ3v) is 2.65. The van der Waals surface area contributed by atoms with Crippen molar-refractivity contribution in [2.75, 3.05) is 6.61 Å². The number of allylic oxidation sites excluding steroid dienone is 1. The molecule has 0 saturated carbocycles. The van der Waals surface area contributed by atoms with Crippen LogP contribution in [0.1, 0.15) is 32.3 Å². The van der Waals surface area contributed by atoms with Gasteiger partial charge in [0.25, 0.3) is 0 Å². The first-order valence-electron chi connectivity index (χ1n) is 5.23.